The molecule has 0 aliphatic rings. The first-order chi connectivity index (χ1) is 8.79. The molecule has 0 radical (unpaired) electrons. The Morgan fingerprint density at radius 1 is 1.32 bits per heavy atom. The maximum atomic E-state index is 11.1. The molecule has 0 saturated heterocycles. The van der Waals surface area contributed by atoms with E-state index >= 15 is 0 Å². The highest BCUT2D eigenvalue weighted by molar-refractivity contribution is 7.53. The molecular formula is C11H14O7P-. The van der Waals surface area contributed by atoms with Crippen LogP contribution in [-0.2, 0) is 15.8 Å². The van der Waals surface area contributed by atoms with Crippen molar-refractivity contribution in [2.45, 2.75) is 12.1 Å². The Kier molecular flexibility index (Phi) is 4.94. The highest BCUT2D eigenvalue weighted by Crippen LogP contribution is 2.43. The molecule has 8 heteroatoms. The number of aliphatic carboxylic acids is 1. The van der Waals surface area contributed by atoms with E-state index in [1.807, 2.05) is 0 Å². The SMILES string of the molecule is COc1ccc(CC(C(=O)[O-])P(=O)(O)O)cc1OC. The predicted octanol–water partition coefficient (Wildman–Crippen LogP) is -0.458. The van der Waals surface area contributed by atoms with E-state index < -0.39 is 19.2 Å². The van der Waals surface area contributed by atoms with Crippen LogP contribution in [0.4, 0.5) is 0 Å². The first-order valence-corrected chi connectivity index (χ1v) is 6.94. The Hall–Kier alpha value is -1.56. The Morgan fingerprint density at radius 3 is 2.32 bits per heavy atom. The minimum Gasteiger partial charge on any atom is -0.549 e. The number of carbonyl (C=O) groups excluding carboxylic acids is 1. The van der Waals surface area contributed by atoms with Crippen molar-refractivity contribution in [1.82, 2.24) is 0 Å². The molecule has 0 aliphatic heterocycles. The zero-order chi connectivity index (χ0) is 14.6. The zero-order valence-corrected chi connectivity index (χ0v) is 11.3. The summed E-state index contributed by atoms with van der Waals surface area (Å²) in [7, 11) is -1.93. The van der Waals surface area contributed by atoms with Crippen LogP contribution in [0, 0.1) is 0 Å². The molecule has 1 unspecified atom stereocenters. The molecule has 0 spiro atoms. The maximum Gasteiger partial charge on any atom is 0.334 e. The maximum absolute atomic E-state index is 11.1. The average Bonchev–Trinajstić information content (AvgIpc) is 2.33. The quantitative estimate of drug-likeness (QED) is 0.681. The fourth-order valence-corrected chi connectivity index (χ4v) is 2.29. The van der Waals surface area contributed by atoms with E-state index in [0.717, 1.165) is 0 Å². The van der Waals surface area contributed by atoms with E-state index in [4.69, 9.17) is 19.3 Å². The van der Waals surface area contributed by atoms with Crippen LogP contribution in [0.5, 0.6) is 11.5 Å². The van der Waals surface area contributed by atoms with Crippen LogP contribution in [0.25, 0.3) is 0 Å². The topological polar surface area (TPSA) is 116 Å². The van der Waals surface area contributed by atoms with E-state index in [9.17, 15) is 14.5 Å². The standard InChI is InChI=1S/C11H15O7P/c1-17-8-4-3-7(5-9(8)18-2)6-10(11(12)13)19(14,15)16/h3-5,10H,6H2,1-2H3,(H,12,13)(H2,14,15,16)/p-1. The lowest BCUT2D eigenvalue weighted by Gasteiger charge is -2.19. The molecule has 0 aliphatic carbocycles. The number of hydrogen-bond acceptors (Lipinski definition) is 5. The Labute approximate surface area is 109 Å². The third-order valence-corrected chi connectivity index (χ3v) is 3.76. The summed E-state index contributed by atoms with van der Waals surface area (Å²) in [5.74, 6) is -1.00. The van der Waals surface area contributed by atoms with Gasteiger partial charge in [-0.25, -0.2) is 0 Å². The molecule has 1 aromatic carbocycles. The molecule has 0 heterocycles. The molecule has 19 heavy (non-hydrogen) atoms. The number of ether oxygens (including phenoxy) is 2. The monoisotopic (exact) mass is 289 g/mol. The largest absolute Gasteiger partial charge is 0.549 e. The van der Waals surface area contributed by atoms with Crippen molar-refractivity contribution in [3.8, 4) is 11.5 Å². The van der Waals surface area contributed by atoms with Crippen LogP contribution >= 0.6 is 7.60 Å². The lowest BCUT2D eigenvalue weighted by Crippen LogP contribution is -2.36. The summed E-state index contributed by atoms with van der Waals surface area (Å²) in [6.07, 6.45) is -0.354. The van der Waals surface area contributed by atoms with Gasteiger partial charge in [0.1, 0.15) is 5.66 Å². The normalized spacial score (nSPS) is 12.8. The molecule has 106 valence electrons. The van der Waals surface area contributed by atoms with Gasteiger partial charge in [0.05, 0.1) is 20.2 Å². The average molecular weight is 289 g/mol. The zero-order valence-electron chi connectivity index (χ0n) is 10.4. The highest BCUT2D eigenvalue weighted by atomic mass is 31.2. The second kappa shape index (κ2) is 6.06. The van der Waals surface area contributed by atoms with Crippen LogP contribution < -0.4 is 14.6 Å². The van der Waals surface area contributed by atoms with Gasteiger partial charge in [-0.3, -0.25) is 4.57 Å². The van der Waals surface area contributed by atoms with Gasteiger partial charge in [-0.05, 0) is 24.1 Å². The summed E-state index contributed by atoms with van der Waals surface area (Å²) in [6, 6.07) is 4.50. The van der Waals surface area contributed by atoms with Gasteiger partial charge < -0.3 is 29.2 Å². The molecule has 1 aromatic rings. The Balaban J connectivity index is 3.04. The smallest absolute Gasteiger partial charge is 0.334 e. The number of carboxylic acids is 1. The van der Waals surface area contributed by atoms with Crippen molar-refractivity contribution in [2.75, 3.05) is 14.2 Å². The van der Waals surface area contributed by atoms with Gasteiger partial charge >= 0.3 is 7.60 Å². The van der Waals surface area contributed by atoms with Gasteiger partial charge in [0, 0.05) is 0 Å². The van der Waals surface area contributed by atoms with E-state index in [1.54, 1.807) is 0 Å². The molecule has 0 bridgehead atoms. The van der Waals surface area contributed by atoms with Gasteiger partial charge in [-0.15, -0.1) is 0 Å². The Bertz CT molecular complexity index is 508. The number of methoxy groups -OCH3 is 2. The summed E-state index contributed by atoms with van der Waals surface area (Å²) in [5.41, 5.74) is -1.49. The van der Waals surface area contributed by atoms with Crippen LogP contribution in [0.2, 0.25) is 0 Å². The number of carboxylic acid groups (broad SMARTS) is 1. The van der Waals surface area contributed by atoms with E-state index in [-0.39, 0.29) is 6.42 Å². The predicted molar refractivity (Wildman–Crippen MR) is 64.1 cm³/mol. The van der Waals surface area contributed by atoms with E-state index in [0.29, 0.717) is 17.1 Å². The van der Waals surface area contributed by atoms with Gasteiger partial charge in [0.25, 0.3) is 0 Å². The first-order valence-electron chi connectivity index (χ1n) is 5.26. The van der Waals surface area contributed by atoms with Gasteiger partial charge in [0.2, 0.25) is 0 Å². The summed E-state index contributed by atoms with van der Waals surface area (Å²) in [4.78, 5) is 28.7. The van der Waals surface area contributed by atoms with Crippen molar-refractivity contribution in [3.05, 3.63) is 23.8 Å². The number of hydrogen-bond donors (Lipinski definition) is 2. The fraction of sp³-hybridized carbons (Fsp3) is 0.364. The molecule has 0 amide bonds. The molecule has 0 aromatic heterocycles. The minimum atomic E-state index is -4.77. The molecule has 0 fully saturated rings. The molecule has 7 nitrogen and oxygen atoms in total. The van der Waals surface area contributed by atoms with Crippen molar-refractivity contribution in [2.24, 2.45) is 0 Å². The summed E-state index contributed by atoms with van der Waals surface area (Å²) >= 11 is 0. The fourth-order valence-electron chi connectivity index (χ4n) is 1.57. The van der Waals surface area contributed by atoms with Crippen LogP contribution in [0.1, 0.15) is 5.56 Å². The molecule has 1 rings (SSSR count). The number of rotatable bonds is 6. The summed E-state index contributed by atoms with van der Waals surface area (Å²) < 4.78 is 21.1. The van der Waals surface area contributed by atoms with Crippen LogP contribution in [-0.4, -0.2) is 35.6 Å². The molecule has 1 atom stereocenters. The van der Waals surface area contributed by atoms with Crippen molar-refractivity contribution < 1.29 is 33.7 Å². The second-order valence-corrected chi connectivity index (χ2v) is 5.62. The van der Waals surface area contributed by atoms with Gasteiger partial charge in [0.15, 0.2) is 11.5 Å². The second-order valence-electron chi connectivity index (χ2n) is 3.82. The first kappa shape index (κ1) is 15.5. The van der Waals surface area contributed by atoms with Crippen LogP contribution in [0.3, 0.4) is 0 Å². The Morgan fingerprint density at radius 2 is 1.89 bits per heavy atom. The van der Waals surface area contributed by atoms with E-state index in [2.05, 4.69) is 0 Å². The van der Waals surface area contributed by atoms with Crippen molar-refractivity contribution in [1.29, 1.82) is 0 Å². The molecule has 0 saturated carbocycles. The van der Waals surface area contributed by atoms with Crippen LogP contribution in [0.15, 0.2) is 18.2 Å². The highest BCUT2D eigenvalue weighted by Gasteiger charge is 2.30. The molecule has 2 N–H and O–H groups in total. The lowest BCUT2D eigenvalue weighted by atomic mass is 10.1. The number of benzene rings is 1. The summed E-state index contributed by atoms with van der Waals surface area (Å²) in [6.45, 7) is 0. The third kappa shape index (κ3) is 3.96. The lowest BCUT2D eigenvalue weighted by molar-refractivity contribution is -0.305. The number of carbonyl (C=O) groups is 1. The van der Waals surface area contributed by atoms with Gasteiger partial charge in [-0.1, -0.05) is 6.07 Å². The van der Waals surface area contributed by atoms with E-state index in [1.165, 1.54) is 32.4 Å². The minimum absolute atomic E-state index is 0.350. The molecular weight excluding hydrogens is 275 g/mol. The van der Waals surface area contributed by atoms with Crippen molar-refractivity contribution in [3.63, 3.8) is 0 Å². The summed E-state index contributed by atoms with van der Waals surface area (Å²) in [5, 5.41) is 10.8. The van der Waals surface area contributed by atoms with Crippen molar-refractivity contribution >= 4 is 13.6 Å². The third-order valence-electron chi connectivity index (χ3n) is 2.56. The van der Waals surface area contributed by atoms with Gasteiger partial charge in [-0.2, -0.15) is 0 Å².